The molecule has 0 spiro atoms. The molecule has 0 radical (unpaired) electrons. The Balaban J connectivity index is 1.84. The van der Waals surface area contributed by atoms with Gasteiger partial charge in [0.15, 0.2) is 0 Å². The normalized spacial score (nSPS) is 17.5. The van der Waals surface area contributed by atoms with Crippen molar-refractivity contribution in [1.29, 1.82) is 0 Å². The number of carbonyl (C=O) groups excluding carboxylic acids is 1. The van der Waals surface area contributed by atoms with Crippen LogP contribution in [0.3, 0.4) is 0 Å². The molecule has 3 aromatic carbocycles. The molecule has 7 heteroatoms. The molecule has 2 atom stereocenters. The molecule has 1 aliphatic rings. The van der Waals surface area contributed by atoms with Gasteiger partial charge in [0.1, 0.15) is 11.9 Å². The predicted octanol–water partition coefficient (Wildman–Crippen LogP) is 4.62. The van der Waals surface area contributed by atoms with Crippen LogP contribution in [0, 0.1) is 0 Å². The van der Waals surface area contributed by atoms with Crippen molar-refractivity contribution in [1.82, 2.24) is 5.09 Å². The SMILES string of the molecule is C=C(C(=O)OC)[C@@H]1Oc2ccc(Br)cc2[C@H]1NP(=S)(c1ccccc1)c1ccccc1. The van der Waals surface area contributed by atoms with Crippen molar-refractivity contribution in [2.24, 2.45) is 0 Å². The number of rotatable bonds is 6. The van der Waals surface area contributed by atoms with Crippen molar-refractivity contribution >= 4 is 50.5 Å². The first kappa shape index (κ1) is 22.0. The largest absolute Gasteiger partial charge is 0.483 e. The summed E-state index contributed by atoms with van der Waals surface area (Å²) < 4.78 is 12.0. The van der Waals surface area contributed by atoms with Crippen molar-refractivity contribution in [2.45, 2.75) is 12.1 Å². The van der Waals surface area contributed by atoms with Gasteiger partial charge in [-0.15, -0.1) is 0 Å². The second-order valence-electron chi connectivity index (χ2n) is 7.12. The minimum absolute atomic E-state index is 0.245. The van der Waals surface area contributed by atoms with Gasteiger partial charge >= 0.3 is 5.97 Å². The van der Waals surface area contributed by atoms with E-state index in [2.05, 4.69) is 27.6 Å². The minimum atomic E-state index is -2.46. The van der Waals surface area contributed by atoms with Gasteiger partial charge in [0, 0.05) is 20.6 Å². The number of hydrogen-bond acceptors (Lipinski definition) is 4. The van der Waals surface area contributed by atoms with Gasteiger partial charge in [-0.1, -0.05) is 95.0 Å². The molecule has 1 N–H and O–H groups in total. The third-order valence-electron chi connectivity index (χ3n) is 5.22. The zero-order valence-corrected chi connectivity index (χ0v) is 20.1. The minimum Gasteiger partial charge on any atom is -0.483 e. The second kappa shape index (κ2) is 9.09. The van der Waals surface area contributed by atoms with E-state index in [1.54, 1.807) is 0 Å². The fourth-order valence-corrected chi connectivity index (χ4v) is 7.56. The summed E-state index contributed by atoms with van der Waals surface area (Å²) in [6.45, 7) is 3.97. The molecule has 158 valence electrons. The van der Waals surface area contributed by atoms with Crippen LogP contribution in [0.5, 0.6) is 5.75 Å². The van der Waals surface area contributed by atoms with Crippen molar-refractivity contribution in [2.75, 3.05) is 7.11 Å². The number of nitrogens with one attached hydrogen (secondary N) is 1. The Hall–Kier alpha value is -2.24. The Morgan fingerprint density at radius 2 is 1.65 bits per heavy atom. The molecule has 0 bridgehead atoms. The summed E-state index contributed by atoms with van der Waals surface area (Å²) in [4.78, 5) is 12.3. The van der Waals surface area contributed by atoms with E-state index < -0.39 is 18.3 Å². The maximum Gasteiger partial charge on any atom is 0.336 e. The lowest BCUT2D eigenvalue weighted by Gasteiger charge is -2.31. The summed E-state index contributed by atoms with van der Waals surface area (Å²) in [7, 11) is 1.34. The fourth-order valence-electron chi connectivity index (χ4n) is 3.66. The van der Waals surface area contributed by atoms with E-state index in [0.717, 1.165) is 20.6 Å². The van der Waals surface area contributed by atoms with Crippen molar-refractivity contribution in [3.8, 4) is 5.75 Å². The number of hydrogen-bond donors (Lipinski definition) is 1. The lowest BCUT2D eigenvalue weighted by molar-refractivity contribution is -0.137. The summed E-state index contributed by atoms with van der Waals surface area (Å²) in [5.41, 5.74) is 1.17. The zero-order valence-electron chi connectivity index (χ0n) is 16.8. The van der Waals surface area contributed by atoms with Crippen LogP contribution >= 0.6 is 22.1 Å². The van der Waals surface area contributed by atoms with Gasteiger partial charge < -0.3 is 9.47 Å². The highest BCUT2D eigenvalue weighted by molar-refractivity contribution is 9.10. The van der Waals surface area contributed by atoms with E-state index >= 15 is 0 Å². The number of halogens is 1. The van der Waals surface area contributed by atoms with E-state index in [4.69, 9.17) is 21.3 Å². The second-order valence-corrected chi connectivity index (χ2v) is 12.2. The lowest BCUT2D eigenvalue weighted by atomic mass is 10.00. The van der Waals surface area contributed by atoms with Gasteiger partial charge in [-0.3, -0.25) is 5.09 Å². The molecular weight excluding hydrogens is 493 g/mol. The molecular formula is C24H21BrNO3PS. The molecule has 0 saturated carbocycles. The number of benzene rings is 3. The zero-order chi connectivity index (χ0) is 22.0. The molecule has 0 amide bonds. The van der Waals surface area contributed by atoms with Gasteiger partial charge in [0.25, 0.3) is 0 Å². The highest BCUT2D eigenvalue weighted by atomic mass is 79.9. The maximum atomic E-state index is 12.3. The third-order valence-corrected chi connectivity index (χ3v) is 9.98. The summed E-state index contributed by atoms with van der Waals surface area (Å²) in [5.74, 6) is 0.190. The first-order chi connectivity index (χ1) is 14.9. The molecule has 1 heterocycles. The summed E-state index contributed by atoms with van der Waals surface area (Å²) in [6.07, 6.45) is -3.10. The Bertz CT molecular complexity index is 1130. The molecule has 0 aromatic heterocycles. The Morgan fingerprint density at radius 1 is 1.06 bits per heavy atom. The van der Waals surface area contributed by atoms with E-state index in [1.165, 1.54) is 7.11 Å². The molecule has 3 aromatic rings. The average molecular weight is 514 g/mol. The van der Waals surface area contributed by atoms with Crippen LogP contribution in [0.15, 0.2) is 95.5 Å². The quantitative estimate of drug-likeness (QED) is 0.296. The number of esters is 1. The van der Waals surface area contributed by atoms with E-state index in [0.29, 0.717) is 5.75 Å². The predicted molar refractivity (Wildman–Crippen MR) is 132 cm³/mol. The van der Waals surface area contributed by atoms with Gasteiger partial charge in [0.05, 0.1) is 24.9 Å². The van der Waals surface area contributed by atoms with Crippen LogP contribution in [0.1, 0.15) is 11.6 Å². The van der Waals surface area contributed by atoms with Gasteiger partial charge in [0.2, 0.25) is 0 Å². The molecule has 1 aliphatic heterocycles. The van der Waals surface area contributed by atoms with E-state index in [-0.39, 0.29) is 11.6 Å². The number of fused-ring (bicyclic) bond motifs is 1. The van der Waals surface area contributed by atoms with Crippen LogP contribution in [0.2, 0.25) is 0 Å². The molecule has 0 aliphatic carbocycles. The fraction of sp³-hybridized carbons (Fsp3) is 0.125. The van der Waals surface area contributed by atoms with Crippen molar-refractivity contribution in [3.05, 3.63) is 101 Å². The van der Waals surface area contributed by atoms with E-state index in [1.807, 2.05) is 78.9 Å². The molecule has 31 heavy (non-hydrogen) atoms. The van der Waals surface area contributed by atoms with Crippen LogP contribution < -0.4 is 20.4 Å². The smallest absolute Gasteiger partial charge is 0.336 e. The molecule has 0 saturated heterocycles. The highest BCUT2D eigenvalue weighted by Gasteiger charge is 2.42. The highest BCUT2D eigenvalue weighted by Crippen LogP contribution is 2.48. The Kier molecular flexibility index (Phi) is 6.44. The van der Waals surface area contributed by atoms with Gasteiger partial charge in [-0.05, 0) is 18.2 Å². The van der Waals surface area contributed by atoms with Crippen LogP contribution in [-0.2, 0) is 21.3 Å². The molecule has 0 fully saturated rings. The maximum absolute atomic E-state index is 12.3. The molecule has 0 unspecified atom stereocenters. The van der Waals surface area contributed by atoms with Crippen LogP contribution in [-0.4, -0.2) is 19.2 Å². The average Bonchev–Trinajstić information content (AvgIpc) is 3.16. The summed E-state index contributed by atoms with van der Waals surface area (Å²) >= 11 is 9.90. The van der Waals surface area contributed by atoms with E-state index in [9.17, 15) is 4.79 Å². The van der Waals surface area contributed by atoms with Crippen LogP contribution in [0.25, 0.3) is 0 Å². The first-order valence-corrected chi connectivity index (χ1v) is 13.3. The van der Waals surface area contributed by atoms with Crippen molar-refractivity contribution in [3.63, 3.8) is 0 Å². The Labute approximate surface area is 195 Å². The molecule has 4 rings (SSSR count). The number of methoxy groups -OCH3 is 1. The lowest BCUT2D eigenvalue weighted by Crippen LogP contribution is -2.37. The van der Waals surface area contributed by atoms with Crippen LogP contribution in [0.4, 0.5) is 0 Å². The first-order valence-electron chi connectivity index (χ1n) is 9.66. The van der Waals surface area contributed by atoms with Gasteiger partial charge in [-0.25, -0.2) is 4.79 Å². The number of ether oxygens (including phenoxy) is 2. The molecule has 4 nitrogen and oxygen atoms in total. The van der Waals surface area contributed by atoms with Gasteiger partial charge in [-0.2, -0.15) is 0 Å². The number of carbonyl (C=O) groups is 1. The monoisotopic (exact) mass is 513 g/mol. The topological polar surface area (TPSA) is 47.6 Å². The van der Waals surface area contributed by atoms with Crippen molar-refractivity contribution < 1.29 is 14.3 Å². The summed E-state index contributed by atoms with van der Waals surface area (Å²) in [6, 6.07) is 25.5. The summed E-state index contributed by atoms with van der Waals surface area (Å²) in [5, 5.41) is 5.79. The standard InChI is InChI=1S/C24H21BrNO3PS/c1-16(24(27)28-2)23-22(20-15-17(25)13-14-21(20)29-23)26-30(31,18-9-5-3-6-10-18)19-11-7-4-8-12-19/h3-15,22-23H,1H2,2H3,(H,26,31)/t22-,23+/m1/s1. The third kappa shape index (κ3) is 4.26. The Morgan fingerprint density at radius 3 is 2.19 bits per heavy atom.